The number of aromatic hydroxyl groups is 2. The van der Waals surface area contributed by atoms with Crippen LogP contribution in [0.25, 0.3) is 10.8 Å². The number of amides is 1. The highest BCUT2D eigenvalue weighted by atomic mass is 32.1. The topological polar surface area (TPSA) is 95.6 Å². The van der Waals surface area contributed by atoms with E-state index in [0.717, 1.165) is 0 Å². The van der Waals surface area contributed by atoms with Crippen molar-refractivity contribution in [2.75, 3.05) is 5.32 Å². The average molecular weight is 240 g/mol. The van der Waals surface area contributed by atoms with Gasteiger partial charge < -0.3 is 14.6 Å². The first-order valence-corrected chi connectivity index (χ1v) is 5.19. The summed E-state index contributed by atoms with van der Waals surface area (Å²) in [5.41, 5.74) is 0. The molecule has 2 aromatic rings. The van der Waals surface area contributed by atoms with Crippen LogP contribution in [0.3, 0.4) is 0 Å². The smallest absolute Gasteiger partial charge is 0.246 e. The van der Waals surface area contributed by atoms with Crippen LogP contribution in [-0.4, -0.2) is 21.1 Å². The van der Waals surface area contributed by atoms with E-state index in [1.807, 2.05) is 0 Å². The van der Waals surface area contributed by atoms with Crippen LogP contribution in [-0.2, 0) is 4.79 Å². The highest BCUT2D eigenvalue weighted by Crippen LogP contribution is 2.45. The van der Waals surface area contributed by atoms with E-state index in [-0.39, 0.29) is 11.6 Å². The van der Waals surface area contributed by atoms with Crippen molar-refractivity contribution in [3.8, 4) is 22.3 Å². The maximum absolute atomic E-state index is 10.8. The van der Waals surface area contributed by atoms with Crippen LogP contribution in [0.15, 0.2) is 16.0 Å². The SMILES string of the molecule is CC(=O)Nc1oc(-c2nccs2)c(O)c1O. The summed E-state index contributed by atoms with van der Waals surface area (Å²) in [5, 5.41) is 23.4. The fraction of sp³-hybridized carbons (Fsp3) is 0.111. The van der Waals surface area contributed by atoms with Gasteiger partial charge in [0.05, 0.1) is 0 Å². The number of carbonyl (C=O) groups excluding carboxylic acids is 1. The molecule has 0 fully saturated rings. The Labute approximate surface area is 94.2 Å². The van der Waals surface area contributed by atoms with E-state index < -0.39 is 17.4 Å². The molecule has 0 saturated heterocycles. The Morgan fingerprint density at radius 2 is 2.25 bits per heavy atom. The third-order valence-electron chi connectivity index (χ3n) is 1.77. The number of aromatic nitrogens is 1. The average Bonchev–Trinajstić information content (AvgIpc) is 2.81. The Morgan fingerprint density at radius 1 is 1.50 bits per heavy atom. The van der Waals surface area contributed by atoms with Gasteiger partial charge in [-0.15, -0.1) is 11.3 Å². The van der Waals surface area contributed by atoms with Crippen molar-refractivity contribution in [2.24, 2.45) is 0 Å². The van der Waals surface area contributed by atoms with E-state index in [1.165, 1.54) is 24.5 Å². The summed E-state index contributed by atoms with van der Waals surface area (Å²) in [6, 6.07) is 0. The predicted molar refractivity (Wildman–Crippen MR) is 57.4 cm³/mol. The number of carbonyl (C=O) groups is 1. The molecule has 0 atom stereocenters. The summed E-state index contributed by atoms with van der Waals surface area (Å²) in [5.74, 6) is -1.49. The molecule has 0 unspecified atom stereocenters. The first-order valence-electron chi connectivity index (χ1n) is 4.31. The van der Waals surface area contributed by atoms with Crippen molar-refractivity contribution in [2.45, 2.75) is 6.92 Å². The summed E-state index contributed by atoms with van der Waals surface area (Å²) in [6.45, 7) is 1.27. The first kappa shape index (κ1) is 10.5. The van der Waals surface area contributed by atoms with Crippen molar-refractivity contribution >= 4 is 23.1 Å². The molecule has 0 aliphatic heterocycles. The molecule has 0 radical (unpaired) electrons. The lowest BCUT2D eigenvalue weighted by Crippen LogP contribution is -2.04. The molecule has 2 aromatic heterocycles. The van der Waals surface area contributed by atoms with E-state index in [1.54, 1.807) is 5.38 Å². The van der Waals surface area contributed by atoms with Crippen molar-refractivity contribution < 1.29 is 19.4 Å². The maximum atomic E-state index is 10.8. The summed E-state index contributed by atoms with van der Waals surface area (Å²) >= 11 is 1.24. The minimum Gasteiger partial charge on any atom is -0.501 e. The minimum atomic E-state index is -0.500. The monoisotopic (exact) mass is 240 g/mol. The van der Waals surface area contributed by atoms with Gasteiger partial charge in [-0.05, 0) is 0 Å². The Kier molecular flexibility index (Phi) is 2.53. The molecule has 0 saturated carbocycles. The van der Waals surface area contributed by atoms with Crippen LogP contribution in [0, 0.1) is 0 Å². The van der Waals surface area contributed by atoms with Gasteiger partial charge in [-0.3, -0.25) is 10.1 Å². The van der Waals surface area contributed by atoms with Crippen LogP contribution in [0.1, 0.15) is 6.92 Å². The molecule has 2 heterocycles. The quantitative estimate of drug-likeness (QED) is 0.743. The van der Waals surface area contributed by atoms with Gasteiger partial charge in [-0.2, -0.15) is 0 Å². The second kappa shape index (κ2) is 3.86. The molecule has 16 heavy (non-hydrogen) atoms. The molecule has 0 bridgehead atoms. The number of rotatable bonds is 2. The highest BCUT2D eigenvalue weighted by Gasteiger charge is 2.22. The number of anilines is 1. The third kappa shape index (κ3) is 1.72. The van der Waals surface area contributed by atoms with Crippen molar-refractivity contribution in [3.05, 3.63) is 11.6 Å². The van der Waals surface area contributed by atoms with Crippen LogP contribution in [0.2, 0.25) is 0 Å². The summed E-state index contributed by atoms with van der Waals surface area (Å²) in [6.07, 6.45) is 1.54. The zero-order valence-corrected chi connectivity index (χ0v) is 9.04. The largest absolute Gasteiger partial charge is 0.501 e. The molecule has 7 heteroatoms. The molecule has 0 spiro atoms. The van der Waals surface area contributed by atoms with Gasteiger partial charge in [0.2, 0.25) is 29.1 Å². The second-order valence-electron chi connectivity index (χ2n) is 2.98. The maximum Gasteiger partial charge on any atom is 0.246 e. The third-order valence-corrected chi connectivity index (χ3v) is 2.55. The number of nitrogens with one attached hydrogen (secondary N) is 1. The van der Waals surface area contributed by atoms with Gasteiger partial charge in [0, 0.05) is 18.5 Å². The Morgan fingerprint density at radius 3 is 2.81 bits per heavy atom. The number of nitrogens with zero attached hydrogens (tertiary/aromatic N) is 1. The van der Waals surface area contributed by atoms with Crippen LogP contribution in [0.4, 0.5) is 5.88 Å². The van der Waals surface area contributed by atoms with Crippen LogP contribution < -0.4 is 5.32 Å². The molecule has 3 N–H and O–H groups in total. The lowest BCUT2D eigenvalue weighted by molar-refractivity contribution is -0.114. The van der Waals surface area contributed by atoms with Crippen molar-refractivity contribution in [1.82, 2.24) is 4.98 Å². The Hall–Kier alpha value is -2.02. The molecule has 84 valence electrons. The molecule has 0 aromatic carbocycles. The molecule has 0 aliphatic rings. The van der Waals surface area contributed by atoms with E-state index in [9.17, 15) is 15.0 Å². The lowest BCUT2D eigenvalue weighted by Gasteiger charge is -1.95. The lowest BCUT2D eigenvalue weighted by atomic mass is 10.4. The van der Waals surface area contributed by atoms with Gasteiger partial charge in [0.25, 0.3) is 0 Å². The normalized spacial score (nSPS) is 10.3. The van der Waals surface area contributed by atoms with Gasteiger partial charge in [-0.1, -0.05) is 0 Å². The second-order valence-corrected chi connectivity index (χ2v) is 3.87. The summed E-state index contributed by atoms with van der Waals surface area (Å²) in [4.78, 5) is 14.7. The van der Waals surface area contributed by atoms with E-state index in [2.05, 4.69) is 10.3 Å². The van der Waals surface area contributed by atoms with E-state index in [0.29, 0.717) is 5.01 Å². The summed E-state index contributed by atoms with van der Waals surface area (Å²) in [7, 11) is 0. The van der Waals surface area contributed by atoms with Gasteiger partial charge in [0.15, 0.2) is 5.01 Å². The van der Waals surface area contributed by atoms with Crippen molar-refractivity contribution in [1.29, 1.82) is 0 Å². The predicted octanol–water partition coefficient (Wildman–Crippen LogP) is 1.77. The van der Waals surface area contributed by atoms with Gasteiger partial charge in [0.1, 0.15) is 0 Å². The molecular weight excluding hydrogens is 232 g/mol. The van der Waals surface area contributed by atoms with Crippen LogP contribution >= 0.6 is 11.3 Å². The standard InChI is InChI=1S/C9H8N2O4S/c1-4(12)11-8-6(14)5(13)7(15-8)9-10-2-3-16-9/h2-3,13-14H,1H3,(H,11,12). The fourth-order valence-electron chi connectivity index (χ4n) is 1.14. The molecular formula is C9H8N2O4S. The minimum absolute atomic E-state index is 0.0382. The highest BCUT2D eigenvalue weighted by molar-refractivity contribution is 7.13. The first-order chi connectivity index (χ1) is 7.59. The number of hydrogen-bond acceptors (Lipinski definition) is 6. The zero-order valence-electron chi connectivity index (χ0n) is 8.22. The molecule has 0 aliphatic carbocycles. The van der Waals surface area contributed by atoms with Crippen molar-refractivity contribution in [3.63, 3.8) is 0 Å². The molecule has 6 nitrogen and oxygen atoms in total. The van der Waals surface area contributed by atoms with Crippen LogP contribution in [0.5, 0.6) is 11.5 Å². The van der Waals surface area contributed by atoms with Gasteiger partial charge in [-0.25, -0.2) is 4.98 Å². The van der Waals surface area contributed by atoms with E-state index >= 15 is 0 Å². The number of furan rings is 1. The fourth-order valence-corrected chi connectivity index (χ4v) is 1.76. The molecule has 2 rings (SSSR count). The summed E-state index contributed by atoms with van der Waals surface area (Å²) < 4.78 is 5.12. The number of hydrogen-bond donors (Lipinski definition) is 3. The van der Waals surface area contributed by atoms with Gasteiger partial charge >= 0.3 is 0 Å². The number of thiazole rings is 1. The van der Waals surface area contributed by atoms with E-state index in [4.69, 9.17) is 4.42 Å². The zero-order chi connectivity index (χ0) is 11.7. The molecule has 1 amide bonds. The Bertz CT molecular complexity index is 518. The Balaban J connectivity index is 2.45.